The molecule has 0 atom stereocenters. The summed E-state index contributed by atoms with van der Waals surface area (Å²) in [5, 5.41) is 1.98. The first-order chi connectivity index (χ1) is 14.1. The van der Waals surface area contributed by atoms with Gasteiger partial charge in [-0.1, -0.05) is 6.07 Å². The molecule has 1 fully saturated rings. The maximum atomic E-state index is 13.2. The fourth-order valence-electron chi connectivity index (χ4n) is 3.34. The van der Waals surface area contributed by atoms with Gasteiger partial charge in [-0.15, -0.1) is 11.3 Å². The van der Waals surface area contributed by atoms with Gasteiger partial charge in [0.2, 0.25) is 11.8 Å². The fraction of sp³-hybridized carbons (Fsp3) is 0.364. The Hall–Kier alpha value is -2.80. The van der Waals surface area contributed by atoms with Gasteiger partial charge in [-0.3, -0.25) is 4.79 Å². The van der Waals surface area contributed by atoms with E-state index in [1.54, 1.807) is 25.6 Å². The molecule has 0 radical (unpaired) electrons. The highest BCUT2D eigenvalue weighted by molar-refractivity contribution is 7.13. The number of carbonyl (C=O) groups is 1. The minimum absolute atomic E-state index is 0.0477. The van der Waals surface area contributed by atoms with E-state index in [1.165, 1.54) is 0 Å². The summed E-state index contributed by atoms with van der Waals surface area (Å²) in [6.07, 6.45) is 2.27. The molecule has 1 aromatic carbocycles. The molecular formula is C22H24N2O4S. The number of amides is 1. The predicted molar refractivity (Wildman–Crippen MR) is 111 cm³/mol. The second-order valence-electron chi connectivity index (χ2n) is 7.11. The fourth-order valence-corrected chi connectivity index (χ4v) is 3.99. The molecule has 0 aliphatic heterocycles. The molecule has 2 heterocycles. The van der Waals surface area contributed by atoms with Gasteiger partial charge in [0.1, 0.15) is 17.3 Å². The third kappa shape index (κ3) is 4.29. The topological polar surface area (TPSA) is 64.8 Å². The summed E-state index contributed by atoms with van der Waals surface area (Å²) in [6.45, 7) is 2.35. The minimum atomic E-state index is 0.0477. The van der Waals surface area contributed by atoms with Crippen LogP contribution in [-0.4, -0.2) is 36.1 Å². The summed E-state index contributed by atoms with van der Waals surface area (Å²) in [4.78, 5) is 20.6. The summed E-state index contributed by atoms with van der Waals surface area (Å²) in [5.41, 5.74) is 1.63. The molecule has 7 heteroatoms. The number of aryl methyl sites for hydroxylation is 1. The van der Waals surface area contributed by atoms with Crippen molar-refractivity contribution in [2.24, 2.45) is 0 Å². The minimum Gasteiger partial charge on any atom is -0.497 e. The van der Waals surface area contributed by atoms with Crippen LogP contribution in [0.15, 0.2) is 40.1 Å². The Morgan fingerprint density at radius 1 is 1.28 bits per heavy atom. The smallest absolute Gasteiger partial charge is 0.236 e. The zero-order valence-electron chi connectivity index (χ0n) is 16.8. The van der Waals surface area contributed by atoms with E-state index < -0.39 is 0 Å². The number of benzene rings is 1. The quantitative estimate of drug-likeness (QED) is 0.546. The Kier molecular flexibility index (Phi) is 5.58. The maximum absolute atomic E-state index is 13.2. The van der Waals surface area contributed by atoms with Gasteiger partial charge in [-0.05, 0) is 49.4 Å². The molecule has 1 amide bonds. The van der Waals surface area contributed by atoms with Crippen LogP contribution in [0.25, 0.3) is 10.8 Å². The van der Waals surface area contributed by atoms with Crippen molar-refractivity contribution in [2.75, 3.05) is 14.2 Å². The summed E-state index contributed by atoms with van der Waals surface area (Å²) in [5.74, 6) is 2.81. The largest absolute Gasteiger partial charge is 0.497 e. The molecule has 0 bridgehead atoms. The predicted octanol–water partition coefficient (Wildman–Crippen LogP) is 4.46. The van der Waals surface area contributed by atoms with E-state index in [0.29, 0.717) is 23.9 Å². The molecule has 152 valence electrons. The van der Waals surface area contributed by atoms with E-state index in [1.807, 2.05) is 47.5 Å². The van der Waals surface area contributed by atoms with Gasteiger partial charge < -0.3 is 18.8 Å². The average Bonchev–Trinajstić information content (AvgIpc) is 3.28. The molecule has 1 aliphatic rings. The Bertz CT molecular complexity index is 992. The van der Waals surface area contributed by atoms with Crippen LogP contribution in [0.3, 0.4) is 0 Å². The summed E-state index contributed by atoms with van der Waals surface area (Å²) >= 11 is 1.57. The van der Waals surface area contributed by atoms with Gasteiger partial charge >= 0.3 is 0 Å². The lowest BCUT2D eigenvalue weighted by atomic mass is 10.1. The number of nitrogens with zero attached hydrogens (tertiary/aromatic N) is 2. The molecule has 1 aliphatic carbocycles. The molecule has 0 spiro atoms. The number of ether oxygens (including phenoxy) is 2. The second-order valence-corrected chi connectivity index (χ2v) is 8.05. The van der Waals surface area contributed by atoms with Crippen molar-refractivity contribution in [1.29, 1.82) is 0 Å². The molecule has 2 aromatic heterocycles. The van der Waals surface area contributed by atoms with Gasteiger partial charge in [-0.25, -0.2) is 4.98 Å². The summed E-state index contributed by atoms with van der Waals surface area (Å²) in [6, 6.07) is 9.85. The lowest BCUT2D eigenvalue weighted by Gasteiger charge is -2.23. The van der Waals surface area contributed by atoms with Gasteiger partial charge in [0.05, 0.1) is 31.2 Å². The molecular weight excluding hydrogens is 388 g/mol. The normalized spacial score (nSPS) is 13.3. The SMILES string of the molecule is COc1ccc(OC)c(CN(C(=O)Cc2nc(-c3cccs3)oc2C)C2CC2)c1. The van der Waals surface area contributed by atoms with Crippen LogP contribution in [0.5, 0.6) is 11.5 Å². The highest BCUT2D eigenvalue weighted by atomic mass is 32.1. The number of aromatic nitrogens is 1. The number of methoxy groups -OCH3 is 2. The standard InChI is InChI=1S/C22H24N2O4S/c1-14-18(23-22(28-14)20-5-4-10-29-20)12-21(25)24(16-6-7-16)13-15-11-17(26-2)8-9-19(15)27-3/h4-5,8-11,16H,6-7,12-13H2,1-3H3. The van der Waals surface area contributed by atoms with E-state index in [0.717, 1.165) is 34.8 Å². The van der Waals surface area contributed by atoms with Gasteiger partial charge in [0, 0.05) is 18.2 Å². The van der Waals surface area contributed by atoms with Gasteiger partial charge in [0.15, 0.2) is 0 Å². The van der Waals surface area contributed by atoms with Crippen LogP contribution < -0.4 is 9.47 Å². The van der Waals surface area contributed by atoms with Crippen LogP contribution in [-0.2, 0) is 17.8 Å². The van der Waals surface area contributed by atoms with E-state index in [-0.39, 0.29) is 18.4 Å². The van der Waals surface area contributed by atoms with Gasteiger partial charge in [0.25, 0.3) is 0 Å². The summed E-state index contributed by atoms with van der Waals surface area (Å²) in [7, 11) is 3.27. The van der Waals surface area contributed by atoms with Crippen molar-refractivity contribution in [3.63, 3.8) is 0 Å². The number of hydrogen-bond acceptors (Lipinski definition) is 6. The molecule has 0 unspecified atom stereocenters. The zero-order valence-corrected chi connectivity index (χ0v) is 17.6. The van der Waals surface area contributed by atoms with Crippen molar-refractivity contribution in [1.82, 2.24) is 9.88 Å². The van der Waals surface area contributed by atoms with Crippen LogP contribution in [0, 0.1) is 6.92 Å². The molecule has 6 nitrogen and oxygen atoms in total. The first-order valence-corrected chi connectivity index (χ1v) is 10.5. The molecule has 4 rings (SSSR count). The number of hydrogen-bond donors (Lipinski definition) is 0. The Balaban J connectivity index is 1.54. The molecule has 3 aromatic rings. The zero-order chi connectivity index (χ0) is 20.4. The van der Waals surface area contributed by atoms with E-state index >= 15 is 0 Å². The maximum Gasteiger partial charge on any atom is 0.236 e. The number of rotatable bonds is 8. The number of thiophene rings is 1. The third-order valence-electron chi connectivity index (χ3n) is 5.08. The molecule has 0 saturated heterocycles. The first-order valence-electron chi connectivity index (χ1n) is 9.59. The Morgan fingerprint density at radius 3 is 2.76 bits per heavy atom. The lowest BCUT2D eigenvalue weighted by Crippen LogP contribution is -2.34. The van der Waals surface area contributed by atoms with Crippen LogP contribution in [0.1, 0.15) is 29.9 Å². The number of oxazole rings is 1. The van der Waals surface area contributed by atoms with Crippen molar-refractivity contribution in [3.8, 4) is 22.3 Å². The van der Waals surface area contributed by atoms with Crippen LogP contribution in [0.2, 0.25) is 0 Å². The van der Waals surface area contributed by atoms with Crippen molar-refractivity contribution in [2.45, 2.75) is 38.8 Å². The van der Waals surface area contributed by atoms with E-state index in [9.17, 15) is 4.79 Å². The van der Waals surface area contributed by atoms with E-state index in [2.05, 4.69) is 4.98 Å². The monoisotopic (exact) mass is 412 g/mol. The number of carbonyl (C=O) groups excluding carboxylic acids is 1. The highest BCUT2D eigenvalue weighted by Gasteiger charge is 2.33. The third-order valence-corrected chi connectivity index (χ3v) is 5.94. The van der Waals surface area contributed by atoms with Crippen LogP contribution >= 0.6 is 11.3 Å². The Morgan fingerprint density at radius 2 is 2.10 bits per heavy atom. The first kappa shape index (κ1) is 19.5. The highest BCUT2D eigenvalue weighted by Crippen LogP contribution is 2.33. The average molecular weight is 413 g/mol. The molecule has 0 N–H and O–H groups in total. The van der Waals surface area contributed by atoms with Crippen molar-refractivity contribution in [3.05, 3.63) is 52.7 Å². The Labute approximate surface area is 174 Å². The molecule has 29 heavy (non-hydrogen) atoms. The van der Waals surface area contributed by atoms with Crippen molar-refractivity contribution < 1.29 is 18.7 Å². The molecule has 1 saturated carbocycles. The lowest BCUT2D eigenvalue weighted by molar-refractivity contribution is -0.131. The summed E-state index contributed by atoms with van der Waals surface area (Å²) < 4.78 is 16.6. The van der Waals surface area contributed by atoms with E-state index in [4.69, 9.17) is 13.9 Å². The van der Waals surface area contributed by atoms with Gasteiger partial charge in [-0.2, -0.15) is 0 Å². The second kappa shape index (κ2) is 8.29. The van der Waals surface area contributed by atoms with Crippen LogP contribution in [0.4, 0.5) is 0 Å². The van der Waals surface area contributed by atoms with Crippen molar-refractivity contribution >= 4 is 17.2 Å².